The molecule has 0 aliphatic carbocycles. The first kappa shape index (κ1) is 15.4. The van der Waals surface area contributed by atoms with E-state index in [1.165, 1.54) is 5.56 Å². The van der Waals surface area contributed by atoms with E-state index in [1.807, 2.05) is 12.1 Å². The molecule has 0 spiro atoms. The number of likely N-dealkylation sites (tertiary alicyclic amines) is 1. The van der Waals surface area contributed by atoms with E-state index in [4.69, 9.17) is 5.11 Å². The lowest BCUT2D eigenvalue weighted by atomic mass is 9.99. The van der Waals surface area contributed by atoms with Gasteiger partial charge < -0.3 is 15.3 Å². The van der Waals surface area contributed by atoms with E-state index in [-0.39, 0.29) is 6.03 Å². The zero-order valence-corrected chi connectivity index (χ0v) is 12.3. The van der Waals surface area contributed by atoms with Gasteiger partial charge in [0.05, 0.1) is 5.92 Å². The molecular formula is C16H22N2O3. The highest BCUT2D eigenvalue weighted by atomic mass is 16.4. The minimum atomic E-state index is -0.817. The van der Waals surface area contributed by atoms with Crippen LogP contribution < -0.4 is 5.32 Å². The number of carbonyl (C=O) groups excluding carboxylic acids is 1. The molecule has 1 fully saturated rings. The fourth-order valence-electron chi connectivity index (χ4n) is 2.55. The van der Waals surface area contributed by atoms with E-state index in [0.29, 0.717) is 26.1 Å². The van der Waals surface area contributed by atoms with Crippen LogP contribution in [0.25, 0.3) is 0 Å². The number of rotatable bonds is 4. The molecule has 1 saturated heterocycles. The van der Waals surface area contributed by atoms with E-state index in [2.05, 4.69) is 24.4 Å². The summed E-state index contributed by atoms with van der Waals surface area (Å²) < 4.78 is 0. The molecular weight excluding hydrogens is 268 g/mol. The van der Waals surface area contributed by atoms with Gasteiger partial charge in [-0.15, -0.1) is 0 Å². The van der Waals surface area contributed by atoms with Gasteiger partial charge in [-0.1, -0.05) is 31.2 Å². The van der Waals surface area contributed by atoms with Gasteiger partial charge in [0.1, 0.15) is 0 Å². The third-order valence-corrected chi connectivity index (χ3v) is 3.93. The van der Waals surface area contributed by atoms with Crippen molar-refractivity contribution in [1.82, 2.24) is 10.2 Å². The number of nitrogens with one attached hydrogen (secondary N) is 1. The molecule has 5 nitrogen and oxygen atoms in total. The number of carbonyl (C=O) groups is 2. The molecule has 114 valence electrons. The van der Waals surface area contributed by atoms with Gasteiger partial charge in [0, 0.05) is 19.6 Å². The quantitative estimate of drug-likeness (QED) is 0.893. The summed E-state index contributed by atoms with van der Waals surface area (Å²) in [6.07, 6.45) is 2.39. The Morgan fingerprint density at radius 3 is 2.57 bits per heavy atom. The molecule has 2 rings (SSSR count). The minimum Gasteiger partial charge on any atom is -0.481 e. The summed E-state index contributed by atoms with van der Waals surface area (Å²) in [5, 5.41) is 11.9. The number of hydrogen-bond donors (Lipinski definition) is 2. The number of aryl methyl sites for hydroxylation is 1. The zero-order valence-electron chi connectivity index (χ0n) is 12.3. The lowest BCUT2D eigenvalue weighted by Crippen LogP contribution is -2.46. The number of benzene rings is 1. The first-order valence-corrected chi connectivity index (χ1v) is 7.43. The number of hydrogen-bond acceptors (Lipinski definition) is 2. The topological polar surface area (TPSA) is 69.6 Å². The number of aliphatic carboxylic acids is 1. The van der Waals surface area contributed by atoms with Crippen molar-refractivity contribution in [2.45, 2.75) is 32.7 Å². The van der Waals surface area contributed by atoms with Crippen molar-refractivity contribution in [2.75, 3.05) is 13.1 Å². The zero-order chi connectivity index (χ0) is 15.2. The first-order valence-electron chi connectivity index (χ1n) is 7.43. The van der Waals surface area contributed by atoms with Crippen molar-refractivity contribution in [3.05, 3.63) is 35.4 Å². The molecule has 0 bridgehead atoms. The summed E-state index contributed by atoms with van der Waals surface area (Å²) in [6, 6.07) is 7.96. The Morgan fingerprint density at radius 1 is 1.29 bits per heavy atom. The molecule has 0 saturated carbocycles. The molecule has 0 radical (unpaired) electrons. The maximum absolute atomic E-state index is 12.1. The maximum atomic E-state index is 12.1. The molecule has 0 unspecified atom stereocenters. The number of piperidine rings is 1. The average molecular weight is 290 g/mol. The summed E-state index contributed by atoms with van der Waals surface area (Å²) >= 11 is 0. The maximum Gasteiger partial charge on any atom is 0.317 e. The highest BCUT2D eigenvalue weighted by Gasteiger charge is 2.27. The molecule has 1 aliphatic rings. The monoisotopic (exact) mass is 290 g/mol. The third kappa shape index (κ3) is 4.21. The van der Waals surface area contributed by atoms with Crippen molar-refractivity contribution >= 4 is 12.0 Å². The van der Waals surface area contributed by atoms with Crippen molar-refractivity contribution in [3.8, 4) is 0 Å². The van der Waals surface area contributed by atoms with Crippen LogP contribution in [0.3, 0.4) is 0 Å². The van der Waals surface area contributed by atoms with Gasteiger partial charge in [-0.25, -0.2) is 4.79 Å². The van der Waals surface area contributed by atoms with Crippen LogP contribution in [-0.2, 0) is 17.8 Å². The van der Waals surface area contributed by atoms with Crippen LogP contribution in [0.4, 0.5) is 4.79 Å². The van der Waals surface area contributed by atoms with Gasteiger partial charge in [0.15, 0.2) is 0 Å². The normalized spacial score (nSPS) is 18.3. The Balaban J connectivity index is 1.84. The second-order valence-corrected chi connectivity index (χ2v) is 5.45. The fraction of sp³-hybridized carbons (Fsp3) is 0.500. The van der Waals surface area contributed by atoms with Gasteiger partial charge in [-0.2, -0.15) is 0 Å². The standard InChI is InChI=1S/C16H22N2O3/c1-2-12-5-7-13(8-6-12)10-17-16(21)18-9-3-4-14(11-18)15(19)20/h5-8,14H,2-4,9-11H2,1H3,(H,17,21)(H,19,20)/t14-/m0/s1. The number of nitrogens with zero attached hydrogens (tertiary/aromatic N) is 1. The molecule has 1 aromatic carbocycles. The van der Waals surface area contributed by atoms with Gasteiger partial charge in [0.2, 0.25) is 0 Å². The summed E-state index contributed by atoms with van der Waals surface area (Å²) in [6.45, 7) is 3.50. The predicted octanol–water partition coefficient (Wildman–Crippen LogP) is 2.26. The van der Waals surface area contributed by atoms with Crippen molar-refractivity contribution in [2.24, 2.45) is 5.92 Å². The molecule has 2 amide bonds. The summed E-state index contributed by atoms with van der Waals surface area (Å²) in [5.41, 5.74) is 2.32. The number of urea groups is 1. The van der Waals surface area contributed by atoms with Crippen LogP contribution >= 0.6 is 0 Å². The molecule has 1 aliphatic heterocycles. The van der Waals surface area contributed by atoms with Crippen molar-refractivity contribution < 1.29 is 14.7 Å². The third-order valence-electron chi connectivity index (χ3n) is 3.93. The van der Waals surface area contributed by atoms with Crippen LogP contribution in [0.2, 0.25) is 0 Å². The molecule has 1 aromatic rings. The van der Waals surface area contributed by atoms with Gasteiger partial charge in [0.25, 0.3) is 0 Å². The van der Waals surface area contributed by atoms with E-state index in [9.17, 15) is 9.59 Å². The van der Waals surface area contributed by atoms with Crippen LogP contribution in [0.15, 0.2) is 24.3 Å². The molecule has 21 heavy (non-hydrogen) atoms. The van der Waals surface area contributed by atoms with E-state index >= 15 is 0 Å². The van der Waals surface area contributed by atoms with E-state index in [0.717, 1.165) is 18.4 Å². The molecule has 0 aromatic heterocycles. The first-order chi connectivity index (χ1) is 10.1. The highest BCUT2D eigenvalue weighted by Crippen LogP contribution is 2.16. The largest absolute Gasteiger partial charge is 0.481 e. The molecule has 1 atom stereocenters. The minimum absolute atomic E-state index is 0.180. The van der Waals surface area contributed by atoms with Gasteiger partial charge >= 0.3 is 12.0 Å². The lowest BCUT2D eigenvalue weighted by molar-refractivity contribution is -0.143. The summed E-state index contributed by atoms with van der Waals surface area (Å²) in [4.78, 5) is 24.7. The number of carboxylic acids is 1. The Bertz CT molecular complexity index is 499. The Morgan fingerprint density at radius 2 is 1.95 bits per heavy atom. The number of amides is 2. The average Bonchev–Trinajstić information content (AvgIpc) is 2.53. The Hall–Kier alpha value is -2.04. The van der Waals surface area contributed by atoms with Crippen molar-refractivity contribution in [3.63, 3.8) is 0 Å². The van der Waals surface area contributed by atoms with Gasteiger partial charge in [-0.3, -0.25) is 4.79 Å². The second kappa shape index (κ2) is 7.11. The smallest absolute Gasteiger partial charge is 0.317 e. The van der Waals surface area contributed by atoms with Gasteiger partial charge in [-0.05, 0) is 30.4 Å². The van der Waals surface area contributed by atoms with Crippen LogP contribution in [0, 0.1) is 5.92 Å². The van der Waals surface area contributed by atoms with Crippen molar-refractivity contribution in [1.29, 1.82) is 0 Å². The lowest BCUT2D eigenvalue weighted by Gasteiger charge is -2.30. The SMILES string of the molecule is CCc1ccc(CNC(=O)N2CCC[C@H](C(=O)O)C2)cc1. The summed E-state index contributed by atoms with van der Waals surface area (Å²) in [5.74, 6) is -1.25. The Kier molecular flexibility index (Phi) is 5.20. The predicted molar refractivity (Wildman–Crippen MR) is 80.0 cm³/mol. The van der Waals surface area contributed by atoms with Crippen LogP contribution in [-0.4, -0.2) is 35.1 Å². The second-order valence-electron chi connectivity index (χ2n) is 5.45. The molecule has 2 N–H and O–H groups in total. The van der Waals surface area contributed by atoms with Crippen LogP contribution in [0.5, 0.6) is 0 Å². The molecule has 1 heterocycles. The number of carboxylic acid groups (broad SMARTS) is 1. The van der Waals surface area contributed by atoms with E-state index in [1.54, 1.807) is 4.90 Å². The fourth-order valence-corrected chi connectivity index (χ4v) is 2.55. The molecule has 5 heteroatoms. The Labute approximate surface area is 125 Å². The highest BCUT2D eigenvalue weighted by molar-refractivity contribution is 5.76. The van der Waals surface area contributed by atoms with E-state index < -0.39 is 11.9 Å². The van der Waals surface area contributed by atoms with Crippen LogP contribution in [0.1, 0.15) is 30.9 Å². The summed E-state index contributed by atoms with van der Waals surface area (Å²) in [7, 11) is 0.